The van der Waals surface area contributed by atoms with Crippen molar-refractivity contribution in [1.82, 2.24) is 5.59 Å². The minimum Gasteiger partial charge on any atom is -0.578 e. The van der Waals surface area contributed by atoms with Gasteiger partial charge in [-0.3, -0.25) is 5.43 Å². The Kier molecular flexibility index (Phi) is 3.45. The SMILES string of the molecule is N[NH+]([O-])ONNc1ccccc1. The molecule has 0 aliphatic carbocycles. The van der Waals surface area contributed by atoms with Crippen molar-refractivity contribution in [3.05, 3.63) is 35.5 Å². The summed E-state index contributed by atoms with van der Waals surface area (Å²) in [5.74, 6) is 4.69. The van der Waals surface area contributed by atoms with Crippen molar-refractivity contribution in [2.45, 2.75) is 0 Å². The van der Waals surface area contributed by atoms with Crippen LogP contribution in [0.15, 0.2) is 30.3 Å². The number of para-hydroxylation sites is 1. The lowest BCUT2D eigenvalue weighted by Gasteiger charge is -2.12. The van der Waals surface area contributed by atoms with Crippen LogP contribution in [-0.2, 0) is 4.94 Å². The lowest BCUT2D eigenvalue weighted by molar-refractivity contribution is -1.07. The second-order valence-electron chi connectivity index (χ2n) is 2.01. The second kappa shape index (κ2) is 4.65. The van der Waals surface area contributed by atoms with Gasteiger partial charge in [0.15, 0.2) is 0 Å². The monoisotopic (exact) mass is 170 g/mol. The summed E-state index contributed by atoms with van der Waals surface area (Å²) < 4.78 is 0. The van der Waals surface area contributed by atoms with E-state index in [0.29, 0.717) is 0 Å². The smallest absolute Gasteiger partial charge is 0.0511 e. The van der Waals surface area contributed by atoms with Gasteiger partial charge in [-0.1, -0.05) is 28.7 Å². The molecule has 1 aromatic rings. The molecule has 1 aromatic carbocycles. The van der Waals surface area contributed by atoms with E-state index in [-0.39, 0.29) is 0 Å². The third-order valence-corrected chi connectivity index (χ3v) is 1.12. The van der Waals surface area contributed by atoms with Crippen molar-refractivity contribution < 1.29 is 10.3 Å². The number of rotatable bonds is 4. The molecule has 6 heteroatoms. The van der Waals surface area contributed by atoms with Crippen molar-refractivity contribution in [1.29, 1.82) is 0 Å². The Labute approximate surface area is 69.3 Å². The Bertz CT molecular complexity index is 216. The average molecular weight is 170 g/mol. The van der Waals surface area contributed by atoms with Gasteiger partial charge in [0.05, 0.1) is 5.69 Å². The zero-order chi connectivity index (χ0) is 8.81. The third kappa shape index (κ3) is 3.28. The fraction of sp³-hybridized carbons (Fsp3) is 0. The molecule has 1 atom stereocenters. The molecule has 0 fully saturated rings. The maximum absolute atomic E-state index is 10.1. The number of hydrazine groups is 1. The Hall–Kier alpha value is -1.18. The number of anilines is 1. The fourth-order valence-electron chi connectivity index (χ4n) is 0.656. The molecule has 6 nitrogen and oxygen atoms in total. The van der Waals surface area contributed by atoms with Gasteiger partial charge in [0.25, 0.3) is 0 Å². The summed E-state index contributed by atoms with van der Waals surface area (Å²) in [6.07, 6.45) is 0. The first-order valence-corrected chi connectivity index (χ1v) is 3.31. The van der Waals surface area contributed by atoms with Crippen LogP contribution in [0.1, 0.15) is 0 Å². The van der Waals surface area contributed by atoms with Crippen LogP contribution in [0.2, 0.25) is 0 Å². The molecule has 0 spiro atoms. The van der Waals surface area contributed by atoms with Crippen molar-refractivity contribution in [3.63, 3.8) is 0 Å². The van der Waals surface area contributed by atoms with Crippen LogP contribution >= 0.6 is 0 Å². The van der Waals surface area contributed by atoms with E-state index in [1.165, 1.54) is 0 Å². The van der Waals surface area contributed by atoms with Gasteiger partial charge in [0, 0.05) is 0 Å². The van der Waals surface area contributed by atoms with Crippen LogP contribution in [0.3, 0.4) is 0 Å². The van der Waals surface area contributed by atoms with E-state index in [9.17, 15) is 5.21 Å². The minimum atomic E-state index is -0.890. The van der Waals surface area contributed by atoms with Gasteiger partial charge < -0.3 is 5.21 Å². The van der Waals surface area contributed by atoms with Gasteiger partial charge in [-0.15, -0.1) is 11.2 Å². The average Bonchev–Trinajstić information content (AvgIpc) is 2.05. The van der Waals surface area contributed by atoms with Gasteiger partial charge in [-0.2, -0.15) is 0 Å². The summed E-state index contributed by atoms with van der Waals surface area (Å²) in [6.45, 7) is 0. The van der Waals surface area contributed by atoms with E-state index in [4.69, 9.17) is 5.84 Å². The predicted octanol–water partition coefficient (Wildman–Crippen LogP) is -1.29. The third-order valence-electron chi connectivity index (χ3n) is 1.12. The highest BCUT2D eigenvalue weighted by Gasteiger charge is 1.89. The van der Waals surface area contributed by atoms with Crippen LogP contribution in [0.4, 0.5) is 5.69 Å². The molecule has 0 saturated heterocycles. The molecule has 0 heterocycles. The number of quaternary nitrogens is 1. The first-order chi connectivity index (χ1) is 5.79. The molecule has 0 radical (unpaired) electrons. The maximum atomic E-state index is 10.1. The summed E-state index contributed by atoms with van der Waals surface area (Å²) in [5, 5.41) is 9.20. The van der Waals surface area contributed by atoms with Crippen LogP contribution in [-0.4, -0.2) is 0 Å². The van der Waals surface area contributed by atoms with Gasteiger partial charge >= 0.3 is 0 Å². The van der Waals surface area contributed by atoms with E-state index < -0.39 is 5.34 Å². The summed E-state index contributed by atoms with van der Waals surface area (Å²) in [5.41, 5.74) is 5.56. The molecule has 0 aromatic heterocycles. The number of nitrogens with two attached hydrogens (primary N) is 1. The first kappa shape index (κ1) is 8.91. The molecule has 0 bridgehead atoms. The quantitative estimate of drug-likeness (QED) is 0.333. The van der Waals surface area contributed by atoms with Crippen molar-refractivity contribution in [2.24, 2.45) is 5.84 Å². The van der Waals surface area contributed by atoms with E-state index in [1.54, 1.807) is 12.1 Å². The molecule has 12 heavy (non-hydrogen) atoms. The van der Waals surface area contributed by atoms with E-state index >= 15 is 0 Å². The van der Waals surface area contributed by atoms with Crippen LogP contribution < -0.4 is 22.2 Å². The predicted molar refractivity (Wildman–Crippen MR) is 42.8 cm³/mol. The zero-order valence-electron chi connectivity index (χ0n) is 6.28. The number of hydrogen-bond acceptors (Lipinski definition) is 5. The van der Waals surface area contributed by atoms with Crippen LogP contribution in [0, 0.1) is 5.21 Å². The van der Waals surface area contributed by atoms with Crippen molar-refractivity contribution >= 4 is 5.69 Å². The Morgan fingerprint density at radius 1 is 1.33 bits per heavy atom. The normalized spacial score (nSPS) is 12.5. The molecule has 0 aliphatic heterocycles. The highest BCUT2D eigenvalue weighted by molar-refractivity contribution is 5.40. The summed E-state index contributed by atoms with van der Waals surface area (Å²) >= 11 is 0. The largest absolute Gasteiger partial charge is 0.578 e. The van der Waals surface area contributed by atoms with Gasteiger partial charge in [0.1, 0.15) is 0 Å². The molecule has 0 saturated carbocycles. The first-order valence-electron chi connectivity index (χ1n) is 3.31. The Balaban J connectivity index is 2.25. The van der Waals surface area contributed by atoms with Crippen molar-refractivity contribution in [2.75, 3.05) is 5.43 Å². The molecular weight excluding hydrogens is 160 g/mol. The molecule has 0 aliphatic rings. The lowest BCUT2D eigenvalue weighted by atomic mass is 10.3. The minimum absolute atomic E-state index is 0.777. The standard InChI is InChI=1S/C6H10N4O2/c7-10(11)12-9-8-6-4-2-1-3-5-6/h1-5,8-10H,7H2. The highest BCUT2D eigenvalue weighted by Crippen LogP contribution is 2.01. The summed E-state index contributed by atoms with van der Waals surface area (Å²) in [6, 6.07) is 9.16. The van der Waals surface area contributed by atoms with Gasteiger partial charge in [0.2, 0.25) is 0 Å². The number of nitrogens with one attached hydrogen (secondary N) is 3. The number of hydrogen-bond donors (Lipinski definition) is 4. The molecule has 0 amide bonds. The molecule has 5 N–H and O–H groups in total. The lowest BCUT2D eigenvalue weighted by Crippen LogP contribution is -3.13. The van der Waals surface area contributed by atoms with Crippen LogP contribution in [0.25, 0.3) is 0 Å². The van der Waals surface area contributed by atoms with E-state index in [1.807, 2.05) is 18.2 Å². The Morgan fingerprint density at radius 2 is 2.00 bits per heavy atom. The molecular formula is C6H10N4O2. The van der Waals surface area contributed by atoms with Gasteiger partial charge in [-0.25, -0.2) is 0 Å². The van der Waals surface area contributed by atoms with Crippen molar-refractivity contribution in [3.8, 4) is 0 Å². The zero-order valence-corrected chi connectivity index (χ0v) is 6.28. The maximum Gasteiger partial charge on any atom is 0.0511 e. The molecule has 1 rings (SSSR count). The molecule has 66 valence electrons. The topological polar surface area (TPSA) is 86.8 Å². The van der Waals surface area contributed by atoms with E-state index in [2.05, 4.69) is 16.0 Å². The summed E-state index contributed by atoms with van der Waals surface area (Å²) in [7, 11) is 0. The fourth-order valence-corrected chi connectivity index (χ4v) is 0.656. The Morgan fingerprint density at radius 3 is 2.58 bits per heavy atom. The van der Waals surface area contributed by atoms with E-state index in [0.717, 1.165) is 5.69 Å². The van der Waals surface area contributed by atoms with Gasteiger partial charge in [-0.05, 0) is 12.1 Å². The second-order valence-corrected chi connectivity index (χ2v) is 2.01. The molecule has 1 unspecified atom stereocenters. The highest BCUT2D eigenvalue weighted by atomic mass is 17.0. The summed E-state index contributed by atoms with van der Waals surface area (Å²) in [4.78, 5) is 4.22. The van der Waals surface area contributed by atoms with Crippen LogP contribution in [0.5, 0.6) is 0 Å². The number of benzene rings is 1.